The molecule has 186 valence electrons. The molecule has 4 rings (SSSR count). The van der Waals surface area contributed by atoms with Gasteiger partial charge in [0.05, 0.1) is 0 Å². The van der Waals surface area contributed by atoms with Gasteiger partial charge in [-0.3, -0.25) is 14.4 Å². The lowest BCUT2D eigenvalue weighted by Gasteiger charge is -2.36. The number of likely N-dealkylation sites (tertiary alicyclic amines) is 1. The van der Waals surface area contributed by atoms with E-state index in [9.17, 15) is 14.4 Å². The largest absolute Gasteiger partial charge is 0.454 e. The summed E-state index contributed by atoms with van der Waals surface area (Å²) in [5, 5.41) is 6.52. The summed E-state index contributed by atoms with van der Waals surface area (Å²) in [6.45, 7) is 5.04. The molecule has 1 fully saturated rings. The Labute approximate surface area is 209 Å². The lowest BCUT2D eigenvalue weighted by atomic mass is 9.88. The molecule has 35 heavy (non-hydrogen) atoms. The number of benzene rings is 2. The molecule has 1 saturated heterocycles. The first-order valence-electron chi connectivity index (χ1n) is 11.9. The van der Waals surface area contributed by atoms with E-state index in [4.69, 9.17) is 21.1 Å². The van der Waals surface area contributed by atoms with Crippen molar-refractivity contribution in [3.8, 4) is 11.5 Å². The Kier molecular flexibility index (Phi) is 7.80. The topological polar surface area (TPSA) is 97.0 Å². The van der Waals surface area contributed by atoms with E-state index in [2.05, 4.69) is 10.6 Å². The summed E-state index contributed by atoms with van der Waals surface area (Å²) >= 11 is 5.94. The maximum atomic E-state index is 13.2. The van der Waals surface area contributed by atoms with Crippen LogP contribution in [0.1, 0.15) is 53.8 Å². The minimum absolute atomic E-state index is 0.0148. The van der Waals surface area contributed by atoms with Gasteiger partial charge in [-0.05, 0) is 74.6 Å². The maximum absolute atomic E-state index is 13.2. The number of carbonyl (C=O) groups excluding carboxylic acids is 3. The molecule has 2 atom stereocenters. The van der Waals surface area contributed by atoms with Gasteiger partial charge in [0.15, 0.2) is 11.5 Å². The third kappa shape index (κ3) is 5.88. The number of ether oxygens (including phenoxy) is 2. The van der Waals surface area contributed by atoms with Crippen molar-refractivity contribution in [2.24, 2.45) is 5.92 Å². The third-order valence-electron chi connectivity index (χ3n) is 6.59. The van der Waals surface area contributed by atoms with Crippen molar-refractivity contribution in [3.63, 3.8) is 0 Å². The van der Waals surface area contributed by atoms with E-state index < -0.39 is 6.04 Å². The number of halogens is 1. The van der Waals surface area contributed by atoms with Gasteiger partial charge in [0, 0.05) is 35.3 Å². The highest BCUT2D eigenvalue weighted by atomic mass is 35.5. The highest BCUT2D eigenvalue weighted by Gasteiger charge is 2.34. The predicted octanol–water partition coefficient (Wildman–Crippen LogP) is 3.63. The molecule has 0 radical (unpaired) electrons. The lowest BCUT2D eigenvalue weighted by molar-refractivity contribution is -0.125. The molecule has 0 spiro atoms. The summed E-state index contributed by atoms with van der Waals surface area (Å²) in [7, 11) is 0. The van der Waals surface area contributed by atoms with E-state index >= 15 is 0 Å². The van der Waals surface area contributed by atoms with E-state index in [0.717, 1.165) is 6.42 Å². The van der Waals surface area contributed by atoms with Crippen molar-refractivity contribution < 1.29 is 23.9 Å². The minimum Gasteiger partial charge on any atom is -0.454 e. The molecule has 0 saturated carbocycles. The van der Waals surface area contributed by atoms with Gasteiger partial charge in [0.2, 0.25) is 12.7 Å². The van der Waals surface area contributed by atoms with Crippen LogP contribution in [-0.4, -0.2) is 54.6 Å². The normalized spacial score (nSPS) is 16.9. The van der Waals surface area contributed by atoms with Crippen molar-refractivity contribution in [2.75, 3.05) is 19.9 Å². The fourth-order valence-corrected chi connectivity index (χ4v) is 4.43. The fraction of sp³-hybridized carbons (Fsp3) is 0.423. The van der Waals surface area contributed by atoms with Crippen LogP contribution in [-0.2, 0) is 4.79 Å². The predicted molar refractivity (Wildman–Crippen MR) is 132 cm³/mol. The van der Waals surface area contributed by atoms with E-state index in [0.29, 0.717) is 53.6 Å². The Hall–Kier alpha value is -3.26. The van der Waals surface area contributed by atoms with Crippen molar-refractivity contribution in [1.82, 2.24) is 15.5 Å². The smallest absolute Gasteiger partial charge is 0.253 e. The fourth-order valence-electron chi connectivity index (χ4n) is 4.31. The molecule has 3 amide bonds. The molecule has 8 nitrogen and oxygen atoms in total. The number of fused-ring (bicyclic) bond motifs is 1. The molecule has 9 heteroatoms. The van der Waals surface area contributed by atoms with Gasteiger partial charge < -0.3 is 25.0 Å². The Morgan fingerprint density at radius 3 is 2.34 bits per heavy atom. The number of nitrogens with zero attached hydrogens (tertiary/aromatic N) is 1. The summed E-state index contributed by atoms with van der Waals surface area (Å²) in [5.74, 6) is 0.359. The van der Waals surface area contributed by atoms with Gasteiger partial charge in [-0.1, -0.05) is 18.5 Å². The molecule has 0 aromatic heterocycles. The highest BCUT2D eigenvalue weighted by Crippen LogP contribution is 2.32. The van der Waals surface area contributed by atoms with Gasteiger partial charge in [-0.25, -0.2) is 0 Å². The number of nitrogens with one attached hydrogen (secondary N) is 2. The number of rotatable bonds is 7. The van der Waals surface area contributed by atoms with Crippen LogP contribution < -0.4 is 20.1 Å². The average molecular weight is 500 g/mol. The quantitative estimate of drug-likeness (QED) is 0.606. The van der Waals surface area contributed by atoms with Gasteiger partial charge in [0.1, 0.15) is 6.04 Å². The zero-order valence-electron chi connectivity index (χ0n) is 19.9. The van der Waals surface area contributed by atoms with E-state index in [1.54, 1.807) is 47.4 Å². The summed E-state index contributed by atoms with van der Waals surface area (Å²) in [5.41, 5.74) is 0.973. The molecule has 0 unspecified atom stereocenters. The molecule has 2 aromatic carbocycles. The van der Waals surface area contributed by atoms with Crippen molar-refractivity contribution in [1.29, 1.82) is 0 Å². The van der Waals surface area contributed by atoms with Crippen LogP contribution in [0.5, 0.6) is 11.5 Å². The first-order valence-corrected chi connectivity index (χ1v) is 12.3. The number of hydrogen-bond donors (Lipinski definition) is 2. The van der Waals surface area contributed by atoms with Crippen LogP contribution in [0.3, 0.4) is 0 Å². The molecule has 0 bridgehead atoms. The standard InChI is InChI=1S/C26H30ClN3O5/c1-3-16(2)28-25(32)23(29-24(31)19-6-9-21-22(14-19)35-15-34-21)17-10-12-30(13-11-17)26(33)18-4-7-20(27)8-5-18/h4-9,14,16-17,23H,3,10-13,15H2,1-2H3,(H,28,32)(H,29,31)/t16-,23+/m0/s1. The Morgan fingerprint density at radius 1 is 1.00 bits per heavy atom. The maximum Gasteiger partial charge on any atom is 0.253 e. The molecule has 0 aliphatic carbocycles. The van der Waals surface area contributed by atoms with E-state index in [1.165, 1.54) is 0 Å². The Morgan fingerprint density at radius 2 is 1.66 bits per heavy atom. The van der Waals surface area contributed by atoms with E-state index in [1.807, 2.05) is 13.8 Å². The second-order valence-corrected chi connectivity index (χ2v) is 9.41. The van der Waals surface area contributed by atoms with Crippen LogP contribution >= 0.6 is 11.6 Å². The SMILES string of the molecule is CC[C@H](C)NC(=O)[C@H](NC(=O)c1ccc2c(c1)OCO2)C1CCN(C(=O)c2ccc(Cl)cc2)CC1. The average Bonchev–Trinajstić information content (AvgIpc) is 3.35. The van der Waals surface area contributed by atoms with E-state index in [-0.39, 0.29) is 36.5 Å². The van der Waals surface area contributed by atoms with Crippen LogP contribution in [0.4, 0.5) is 0 Å². The summed E-state index contributed by atoms with van der Waals surface area (Å²) < 4.78 is 10.7. The third-order valence-corrected chi connectivity index (χ3v) is 6.85. The van der Waals surface area contributed by atoms with Crippen LogP contribution in [0.15, 0.2) is 42.5 Å². The first-order chi connectivity index (χ1) is 16.9. The van der Waals surface area contributed by atoms with Crippen molar-refractivity contribution >= 4 is 29.3 Å². The zero-order chi connectivity index (χ0) is 24.9. The Bertz CT molecular complexity index is 1080. The molecular formula is C26H30ClN3O5. The Balaban J connectivity index is 1.44. The summed E-state index contributed by atoms with van der Waals surface area (Å²) in [4.78, 5) is 40.9. The lowest BCUT2D eigenvalue weighted by Crippen LogP contribution is -2.55. The monoisotopic (exact) mass is 499 g/mol. The molecule has 2 aliphatic rings. The summed E-state index contributed by atoms with van der Waals surface area (Å²) in [6.07, 6.45) is 1.97. The molecule has 2 N–H and O–H groups in total. The zero-order valence-corrected chi connectivity index (χ0v) is 20.6. The second kappa shape index (κ2) is 11.0. The second-order valence-electron chi connectivity index (χ2n) is 8.97. The van der Waals surface area contributed by atoms with Gasteiger partial charge in [-0.2, -0.15) is 0 Å². The molecule has 2 aliphatic heterocycles. The van der Waals surface area contributed by atoms with Crippen molar-refractivity contribution in [3.05, 3.63) is 58.6 Å². The highest BCUT2D eigenvalue weighted by molar-refractivity contribution is 6.30. The van der Waals surface area contributed by atoms with Crippen molar-refractivity contribution in [2.45, 2.75) is 45.2 Å². The number of hydrogen-bond acceptors (Lipinski definition) is 5. The van der Waals surface area contributed by atoms with Crippen LogP contribution in [0.2, 0.25) is 5.02 Å². The van der Waals surface area contributed by atoms with Gasteiger partial charge in [-0.15, -0.1) is 0 Å². The van der Waals surface area contributed by atoms with Gasteiger partial charge in [0.25, 0.3) is 11.8 Å². The van der Waals surface area contributed by atoms with Crippen LogP contribution in [0.25, 0.3) is 0 Å². The number of carbonyl (C=O) groups is 3. The molecular weight excluding hydrogens is 470 g/mol. The molecule has 2 aromatic rings. The van der Waals surface area contributed by atoms with Crippen LogP contribution in [0, 0.1) is 5.92 Å². The van der Waals surface area contributed by atoms with Gasteiger partial charge >= 0.3 is 0 Å². The first kappa shape index (κ1) is 24.9. The molecule has 2 heterocycles. The number of amides is 3. The summed E-state index contributed by atoms with van der Waals surface area (Å²) in [6, 6.07) is 11.1. The number of piperidine rings is 1. The minimum atomic E-state index is -0.713.